The number of aromatic nitrogens is 2. The van der Waals surface area contributed by atoms with E-state index in [9.17, 15) is 4.79 Å². The van der Waals surface area contributed by atoms with Crippen molar-refractivity contribution in [2.45, 2.75) is 46.6 Å². The molecule has 0 aliphatic carbocycles. The number of carbonyl (C=O) groups is 1. The molecule has 0 saturated heterocycles. The monoisotopic (exact) mass is 427 g/mol. The lowest BCUT2D eigenvalue weighted by molar-refractivity contribution is 0.0788. The second-order valence-electron chi connectivity index (χ2n) is 8.46. The minimum Gasteiger partial charge on any atom is -0.497 e. The number of benzene rings is 1. The van der Waals surface area contributed by atoms with Gasteiger partial charge in [0.1, 0.15) is 22.2 Å². The van der Waals surface area contributed by atoms with Crippen molar-refractivity contribution >= 4 is 27.5 Å². The molecule has 0 aliphatic rings. The van der Waals surface area contributed by atoms with Gasteiger partial charge in [-0.3, -0.25) is 4.79 Å². The summed E-state index contributed by atoms with van der Waals surface area (Å²) < 4.78 is 10.7. The van der Waals surface area contributed by atoms with E-state index in [1.54, 1.807) is 26.2 Å². The van der Waals surface area contributed by atoms with Gasteiger partial charge in [0.05, 0.1) is 24.8 Å². The maximum absolute atomic E-state index is 13.3. The molecule has 1 aromatic carbocycles. The van der Waals surface area contributed by atoms with Crippen LogP contribution >= 0.6 is 11.3 Å². The Hall–Kier alpha value is -2.67. The highest BCUT2D eigenvalue weighted by atomic mass is 32.1. The Kier molecular flexibility index (Phi) is 6.04. The van der Waals surface area contributed by atoms with Crippen LogP contribution in [0.2, 0.25) is 0 Å². The smallest absolute Gasteiger partial charge is 0.264 e. The number of thiophene rings is 1. The Morgan fingerprint density at radius 3 is 2.43 bits per heavy atom. The van der Waals surface area contributed by atoms with Crippen LogP contribution in [0.5, 0.6) is 11.5 Å². The molecule has 0 unspecified atom stereocenters. The molecule has 2 heterocycles. The first-order valence-corrected chi connectivity index (χ1v) is 10.6. The molecule has 160 valence electrons. The fraction of sp³-hybridized carbons (Fsp3) is 0.435. The highest BCUT2D eigenvalue weighted by Crippen LogP contribution is 2.34. The molecule has 0 aliphatic heterocycles. The number of aryl methyl sites for hydroxylation is 2. The second-order valence-corrected chi connectivity index (χ2v) is 9.46. The zero-order valence-electron chi connectivity index (χ0n) is 18.9. The summed E-state index contributed by atoms with van der Waals surface area (Å²) in [6, 6.07) is 5.61. The molecular weight excluding hydrogens is 398 g/mol. The summed E-state index contributed by atoms with van der Waals surface area (Å²) in [7, 11) is 5.03. The molecule has 3 aromatic rings. The van der Waals surface area contributed by atoms with Crippen LogP contribution in [0.25, 0.3) is 10.2 Å². The van der Waals surface area contributed by atoms with Gasteiger partial charge in [0.25, 0.3) is 5.91 Å². The Bertz CT molecular complexity index is 1100. The van der Waals surface area contributed by atoms with Gasteiger partial charge in [-0.25, -0.2) is 9.97 Å². The lowest BCUT2D eigenvalue weighted by Gasteiger charge is -2.19. The van der Waals surface area contributed by atoms with E-state index >= 15 is 0 Å². The van der Waals surface area contributed by atoms with E-state index in [2.05, 4.69) is 20.8 Å². The predicted molar refractivity (Wildman–Crippen MR) is 121 cm³/mol. The van der Waals surface area contributed by atoms with Crippen LogP contribution in [-0.2, 0) is 12.0 Å². The molecule has 1 amide bonds. The third-order valence-corrected chi connectivity index (χ3v) is 6.26. The molecule has 30 heavy (non-hydrogen) atoms. The van der Waals surface area contributed by atoms with Gasteiger partial charge >= 0.3 is 0 Å². The van der Waals surface area contributed by atoms with E-state index in [1.807, 2.05) is 32.0 Å². The van der Waals surface area contributed by atoms with Gasteiger partial charge in [0.15, 0.2) is 0 Å². The summed E-state index contributed by atoms with van der Waals surface area (Å²) in [4.78, 5) is 26.0. The van der Waals surface area contributed by atoms with Crippen molar-refractivity contribution in [2.75, 3.05) is 21.3 Å². The van der Waals surface area contributed by atoms with Crippen molar-refractivity contribution in [1.29, 1.82) is 0 Å². The zero-order chi connectivity index (χ0) is 22.2. The highest BCUT2D eigenvalue weighted by Gasteiger charge is 2.25. The van der Waals surface area contributed by atoms with E-state index < -0.39 is 0 Å². The van der Waals surface area contributed by atoms with Crippen LogP contribution in [0.15, 0.2) is 18.2 Å². The van der Waals surface area contributed by atoms with Crippen LogP contribution in [0.3, 0.4) is 0 Å². The molecule has 0 saturated carbocycles. The SMILES string of the molecule is COc1ccc(CN(C)C(=O)c2sc3nc(C(C)(C)C)nc(C)c3c2C)c(OC)c1. The zero-order valence-corrected chi connectivity index (χ0v) is 19.7. The second kappa shape index (κ2) is 8.22. The third kappa shape index (κ3) is 4.12. The Labute approximate surface area is 181 Å². The van der Waals surface area contributed by atoms with Gasteiger partial charge < -0.3 is 14.4 Å². The molecule has 3 rings (SSSR count). The number of rotatable bonds is 5. The van der Waals surface area contributed by atoms with Crippen LogP contribution in [-0.4, -0.2) is 42.0 Å². The summed E-state index contributed by atoms with van der Waals surface area (Å²) in [5, 5.41) is 0.978. The summed E-state index contributed by atoms with van der Waals surface area (Å²) in [5.74, 6) is 2.17. The van der Waals surface area contributed by atoms with Crippen LogP contribution in [0.4, 0.5) is 0 Å². The fourth-order valence-corrected chi connectivity index (χ4v) is 4.59. The first kappa shape index (κ1) is 22.0. The van der Waals surface area contributed by atoms with E-state index in [1.165, 1.54) is 11.3 Å². The third-order valence-electron chi connectivity index (χ3n) is 5.08. The molecule has 0 radical (unpaired) electrons. The number of methoxy groups -OCH3 is 2. The summed E-state index contributed by atoms with van der Waals surface area (Å²) in [5.41, 5.74) is 2.62. The van der Waals surface area contributed by atoms with Gasteiger partial charge in [-0.2, -0.15) is 0 Å². The van der Waals surface area contributed by atoms with Crippen molar-refractivity contribution in [1.82, 2.24) is 14.9 Å². The lowest BCUT2D eigenvalue weighted by atomic mass is 9.95. The number of hydrogen-bond acceptors (Lipinski definition) is 6. The standard InChI is InChI=1S/C23H29N3O3S/c1-13-18-14(2)24-22(23(3,4)5)25-20(18)30-19(13)21(27)26(6)12-15-9-10-16(28-7)11-17(15)29-8/h9-11H,12H2,1-8H3. The summed E-state index contributed by atoms with van der Waals surface area (Å²) >= 11 is 1.44. The van der Waals surface area contributed by atoms with Gasteiger partial charge in [-0.05, 0) is 31.5 Å². The normalized spacial score (nSPS) is 11.6. The number of fused-ring (bicyclic) bond motifs is 1. The number of hydrogen-bond donors (Lipinski definition) is 0. The fourth-order valence-electron chi connectivity index (χ4n) is 3.36. The topological polar surface area (TPSA) is 64.5 Å². The average molecular weight is 428 g/mol. The maximum atomic E-state index is 13.3. The largest absolute Gasteiger partial charge is 0.497 e. The molecule has 6 nitrogen and oxygen atoms in total. The molecule has 7 heteroatoms. The highest BCUT2D eigenvalue weighted by molar-refractivity contribution is 7.20. The van der Waals surface area contributed by atoms with Gasteiger partial charge in [-0.1, -0.05) is 20.8 Å². The van der Waals surface area contributed by atoms with E-state index in [-0.39, 0.29) is 11.3 Å². The first-order valence-electron chi connectivity index (χ1n) is 9.81. The number of nitrogens with zero attached hydrogens (tertiary/aromatic N) is 3. The molecule has 0 fully saturated rings. The van der Waals surface area contributed by atoms with E-state index in [0.717, 1.165) is 32.9 Å². The van der Waals surface area contributed by atoms with Crippen molar-refractivity contribution in [3.05, 3.63) is 45.7 Å². The molecular formula is C23H29N3O3S. The average Bonchev–Trinajstić information content (AvgIpc) is 3.03. The van der Waals surface area contributed by atoms with Crippen molar-refractivity contribution in [2.24, 2.45) is 0 Å². The maximum Gasteiger partial charge on any atom is 0.264 e. The van der Waals surface area contributed by atoms with Gasteiger partial charge in [0.2, 0.25) is 0 Å². The van der Waals surface area contributed by atoms with Crippen LogP contribution in [0.1, 0.15) is 53.1 Å². The van der Waals surface area contributed by atoms with Crippen LogP contribution in [0, 0.1) is 13.8 Å². The quantitative estimate of drug-likeness (QED) is 0.580. The summed E-state index contributed by atoms with van der Waals surface area (Å²) in [6.07, 6.45) is 0. The number of amides is 1. The molecule has 2 aromatic heterocycles. The minimum atomic E-state index is -0.150. The molecule has 0 spiro atoms. The lowest BCUT2D eigenvalue weighted by Crippen LogP contribution is -2.26. The number of ether oxygens (including phenoxy) is 2. The van der Waals surface area contributed by atoms with Crippen LogP contribution < -0.4 is 9.47 Å². The molecule has 0 atom stereocenters. The van der Waals surface area contributed by atoms with Crippen molar-refractivity contribution in [3.8, 4) is 11.5 Å². The first-order chi connectivity index (χ1) is 14.1. The Balaban J connectivity index is 1.95. The minimum absolute atomic E-state index is 0.0370. The van der Waals surface area contributed by atoms with Crippen molar-refractivity contribution < 1.29 is 14.3 Å². The van der Waals surface area contributed by atoms with E-state index in [0.29, 0.717) is 22.9 Å². The molecule has 0 bridgehead atoms. The molecule has 0 N–H and O–H groups in total. The van der Waals surface area contributed by atoms with Gasteiger partial charge in [0, 0.05) is 36.0 Å². The Morgan fingerprint density at radius 2 is 1.83 bits per heavy atom. The van der Waals surface area contributed by atoms with E-state index in [4.69, 9.17) is 19.4 Å². The van der Waals surface area contributed by atoms with Gasteiger partial charge in [-0.15, -0.1) is 11.3 Å². The predicted octanol–water partition coefficient (Wildman–Crippen LogP) is 4.90. The Morgan fingerprint density at radius 1 is 1.13 bits per heavy atom. The van der Waals surface area contributed by atoms with Crippen molar-refractivity contribution in [3.63, 3.8) is 0 Å². The number of carbonyl (C=O) groups excluding carboxylic acids is 1. The summed E-state index contributed by atoms with van der Waals surface area (Å²) in [6.45, 7) is 10.7.